The average Bonchev–Trinajstić information content (AvgIpc) is 2.87. The first-order valence-corrected chi connectivity index (χ1v) is 13.9. The van der Waals surface area contributed by atoms with Crippen LogP contribution in [-0.4, -0.2) is 12.8 Å². The largest absolute Gasteiger partial charge is 0.481 e. The highest BCUT2D eigenvalue weighted by Crippen LogP contribution is 2.48. The van der Waals surface area contributed by atoms with Gasteiger partial charge in [0.2, 0.25) is 0 Å². The van der Waals surface area contributed by atoms with Crippen LogP contribution in [0.25, 0.3) is 11.1 Å². The summed E-state index contributed by atoms with van der Waals surface area (Å²) in [5.74, 6) is 2.11. The minimum Gasteiger partial charge on any atom is -0.481 e. The fourth-order valence-electron chi connectivity index (χ4n) is 6.49. The van der Waals surface area contributed by atoms with Crippen molar-refractivity contribution in [1.82, 2.24) is 0 Å². The van der Waals surface area contributed by atoms with Crippen molar-refractivity contribution in [1.29, 1.82) is 0 Å². The number of ether oxygens (including phenoxy) is 1. The lowest BCUT2D eigenvalue weighted by molar-refractivity contribution is -0.153. The molecule has 2 aromatic rings. The van der Waals surface area contributed by atoms with Crippen LogP contribution >= 0.6 is 0 Å². The van der Waals surface area contributed by atoms with E-state index in [1.165, 1.54) is 94.7 Å². The zero-order chi connectivity index (χ0) is 25.5. The molecule has 198 valence electrons. The zero-order valence-corrected chi connectivity index (χ0v) is 21.5. The lowest BCUT2D eigenvalue weighted by atomic mass is 9.63. The van der Waals surface area contributed by atoms with Gasteiger partial charge in [0, 0.05) is 0 Å². The van der Waals surface area contributed by atoms with Crippen LogP contribution in [0.15, 0.2) is 42.5 Å². The third-order valence-electron chi connectivity index (χ3n) is 8.48. The highest BCUT2D eigenvalue weighted by molar-refractivity contribution is 5.64. The standard InChI is InChI=1S/C31H40F4O/c1-2-3-4-5-6-7-22-8-9-27-19-26(15-14-25(27)18-22)23-10-12-24(13-11-23)28-16-17-30(29(32)20-28)36-21-31(33,34)35/h10-13,16-17,20,22,25-27H,2-9,14-15,18-19,21H2,1H3. The van der Waals surface area contributed by atoms with Gasteiger partial charge in [0.05, 0.1) is 0 Å². The predicted molar refractivity (Wildman–Crippen MR) is 138 cm³/mol. The first-order chi connectivity index (χ1) is 17.3. The highest BCUT2D eigenvalue weighted by Gasteiger charge is 2.35. The van der Waals surface area contributed by atoms with Gasteiger partial charge in [-0.1, -0.05) is 82.2 Å². The van der Waals surface area contributed by atoms with Crippen LogP contribution in [-0.2, 0) is 0 Å². The maximum atomic E-state index is 14.3. The molecular weight excluding hydrogens is 464 g/mol. The molecular formula is C31H40F4O. The number of benzene rings is 2. The van der Waals surface area contributed by atoms with E-state index in [2.05, 4.69) is 23.8 Å². The van der Waals surface area contributed by atoms with Crippen LogP contribution in [0.1, 0.15) is 95.5 Å². The molecule has 2 aliphatic rings. The SMILES string of the molecule is CCCCCCCC1CCC2CC(c3ccc(-c4ccc(OCC(F)(F)F)c(F)c4)cc3)CCC2C1. The van der Waals surface area contributed by atoms with Crippen molar-refractivity contribution in [2.45, 2.75) is 96.1 Å². The molecule has 36 heavy (non-hydrogen) atoms. The molecule has 4 atom stereocenters. The van der Waals surface area contributed by atoms with Crippen molar-refractivity contribution in [3.05, 3.63) is 53.8 Å². The highest BCUT2D eigenvalue weighted by atomic mass is 19.4. The molecule has 2 aromatic carbocycles. The summed E-state index contributed by atoms with van der Waals surface area (Å²) in [7, 11) is 0. The van der Waals surface area contributed by atoms with Crippen molar-refractivity contribution in [2.75, 3.05) is 6.61 Å². The number of fused-ring (bicyclic) bond motifs is 1. The van der Waals surface area contributed by atoms with Crippen molar-refractivity contribution < 1.29 is 22.3 Å². The van der Waals surface area contributed by atoms with Crippen molar-refractivity contribution >= 4 is 0 Å². The molecule has 0 aliphatic heterocycles. The molecule has 0 heterocycles. The molecule has 4 rings (SSSR count). The van der Waals surface area contributed by atoms with Crippen molar-refractivity contribution in [3.63, 3.8) is 0 Å². The maximum absolute atomic E-state index is 14.3. The Morgan fingerprint density at radius 2 is 1.50 bits per heavy atom. The topological polar surface area (TPSA) is 9.23 Å². The molecule has 0 N–H and O–H groups in total. The first-order valence-electron chi connectivity index (χ1n) is 13.9. The van der Waals surface area contributed by atoms with E-state index in [0.29, 0.717) is 11.5 Å². The molecule has 2 aliphatic carbocycles. The van der Waals surface area contributed by atoms with Gasteiger partial charge >= 0.3 is 6.18 Å². The summed E-state index contributed by atoms with van der Waals surface area (Å²) in [6.45, 7) is 0.774. The van der Waals surface area contributed by atoms with E-state index in [1.54, 1.807) is 6.07 Å². The molecule has 0 spiro atoms. The third kappa shape index (κ3) is 7.49. The molecule has 0 saturated heterocycles. The molecule has 4 unspecified atom stereocenters. The summed E-state index contributed by atoms with van der Waals surface area (Å²) >= 11 is 0. The van der Waals surface area contributed by atoms with Gasteiger partial charge in [0.15, 0.2) is 18.2 Å². The Bertz CT molecular complexity index is 952. The summed E-state index contributed by atoms with van der Waals surface area (Å²) in [4.78, 5) is 0. The number of alkyl halides is 3. The Hall–Kier alpha value is -2.04. The summed E-state index contributed by atoms with van der Waals surface area (Å²) in [5.41, 5.74) is 2.84. The fourth-order valence-corrected chi connectivity index (χ4v) is 6.49. The van der Waals surface area contributed by atoms with Gasteiger partial charge in [0.25, 0.3) is 0 Å². The number of unbranched alkanes of at least 4 members (excludes halogenated alkanes) is 4. The van der Waals surface area contributed by atoms with Crippen molar-refractivity contribution in [2.24, 2.45) is 17.8 Å². The Morgan fingerprint density at radius 1 is 0.806 bits per heavy atom. The lowest BCUT2D eigenvalue weighted by Gasteiger charge is -2.42. The summed E-state index contributed by atoms with van der Waals surface area (Å²) < 4.78 is 55.9. The van der Waals surface area contributed by atoms with E-state index in [-0.39, 0.29) is 5.75 Å². The van der Waals surface area contributed by atoms with Gasteiger partial charge in [-0.3, -0.25) is 0 Å². The number of halogens is 4. The van der Waals surface area contributed by atoms with Crippen LogP contribution in [0.3, 0.4) is 0 Å². The van der Waals surface area contributed by atoms with E-state index >= 15 is 0 Å². The van der Waals surface area contributed by atoms with Crippen LogP contribution < -0.4 is 4.74 Å². The second-order valence-corrected chi connectivity index (χ2v) is 11.1. The van der Waals surface area contributed by atoms with Crippen LogP contribution in [0.5, 0.6) is 5.75 Å². The molecule has 0 aromatic heterocycles. The van der Waals surface area contributed by atoms with E-state index in [0.717, 1.165) is 23.3 Å². The number of hydrogen-bond donors (Lipinski definition) is 0. The van der Waals surface area contributed by atoms with Crippen LogP contribution in [0, 0.1) is 23.6 Å². The second-order valence-electron chi connectivity index (χ2n) is 11.1. The van der Waals surface area contributed by atoms with Gasteiger partial charge in [-0.15, -0.1) is 0 Å². The second kappa shape index (κ2) is 12.5. The summed E-state index contributed by atoms with van der Waals surface area (Å²) in [6, 6.07) is 12.4. The molecule has 0 bridgehead atoms. The molecule has 5 heteroatoms. The Balaban J connectivity index is 1.28. The Morgan fingerprint density at radius 3 is 2.22 bits per heavy atom. The quantitative estimate of drug-likeness (QED) is 0.231. The average molecular weight is 505 g/mol. The molecule has 1 nitrogen and oxygen atoms in total. The molecule has 0 amide bonds. The fraction of sp³-hybridized carbons (Fsp3) is 0.613. The lowest BCUT2D eigenvalue weighted by Crippen LogP contribution is -2.30. The number of hydrogen-bond acceptors (Lipinski definition) is 1. The normalized spacial score (nSPS) is 24.4. The molecule has 2 saturated carbocycles. The smallest absolute Gasteiger partial charge is 0.422 e. The third-order valence-corrected chi connectivity index (χ3v) is 8.48. The van der Waals surface area contributed by atoms with E-state index in [4.69, 9.17) is 0 Å². The van der Waals surface area contributed by atoms with Crippen LogP contribution in [0.2, 0.25) is 0 Å². The monoisotopic (exact) mass is 504 g/mol. The Labute approximate surface area is 213 Å². The summed E-state index contributed by atoms with van der Waals surface area (Å²) in [5, 5.41) is 0. The van der Waals surface area contributed by atoms with Crippen molar-refractivity contribution in [3.8, 4) is 16.9 Å². The van der Waals surface area contributed by atoms with Gasteiger partial charge in [-0.05, 0) is 84.6 Å². The van der Waals surface area contributed by atoms with Gasteiger partial charge in [-0.25, -0.2) is 4.39 Å². The van der Waals surface area contributed by atoms with E-state index < -0.39 is 18.6 Å². The molecule has 0 radical (unpaired) electrons. The van der Waals surface area contributed by atoms with Gasteiger partial charge in [-0.2, -0.15) is 13.2 Å². The predicted octanol–water partition coefficient (Wildman–Crippen LogP) is 10.1. The van der Waals surface area contributed by atoms with E-state index in [1.807, 2.05) is 12.1 Å². The minimum absolute atomic E-state index is 0.379. The van der Waals surface area contributed by atoms with E-state index in [9.17, 15) is 17.6 Å². The molecule has 2 fully saturated rings. The first kappa shape index (κ1) is 27.0. The zero-order valence-electron chi connectivity index (χ0n) is 21.5. The minimum atomic E-state index is -4.49. The Kier molecular flexibility index (Phi) is 9.35. The van der Waals surface area contributed by atoms with Crippen LogP contribution in [0.4, 0.5) is 17.6 Å². The summed E-state index contributed by atoms with van der Waals surface area (Å²) in [6.07, 6.45) is 11.9. The van der Waals surface area contributed by atoms with Gasteiger partial charge in [0.1, 0.15) is 0 Å². The maximum Gasteiger partial charge on any atom is 0.422 e. The number of rotatable bonds is 10. The van der Waals surface area contributed by atoms with Gasteiger partial charge < -0.3 is 4.74 Å².